The van der Waals surface area contributed by atoms with Crippen molar-refractivity contribution in [3.63, 3.8) is 0 Å². The molecule has 0 bridgehead atoms. The van der Waals surface area contributed by atoms with Crippen molar-refractivity contribution < 1.29 is 9.59 Å². The lowest BCUT2D eigenvalue weighted by molar-refractivity contribution is -0.133. The van der Waals surface area contributed by atoms with Gasteiger partial charge < -0.3 is 10.2 Å². The zero-order valence-corrected chi connectivity index (χ0v) is 16.8. The molecule has 2 aliphatic rings. The predicted molar refractivity (Wildman–Crippen MR) is 110 cm³/mol. The zero-order chi connectivity index (χ0) is 19.7. The number of fused-ring (bicyclic) bond motifs is 1. The van der Waals surface area contributed by atoms with E-state index in [2.05, 4.69) is 5.32 Å². The Balaban J connectivity index is 1.62. The maximum absolute atomic E-state index is 13.4. The topological polar surface area (TPSA) is 49.4 Å². The van der Waals surface area contributed by atoms with Crippen LogP contribution in [0.5, 0.6) is 0 Å². The Morgan fingerprint density at radius 3 is 2.54 bits per heavy atom. The number of rotatable bonds is 4. The minimum absolute atomic E-state index is 0.0158. The summed E-state index contributed by atoms with van der Waals surface area (Å²) in [6.45, 7) is 2.33. The van der Waals surface area contributed by atoms with E-state index in [0.717, 1.165) is 42.4 Å². The summed E-state index contributed by atoms with van der Waals surface area (Å²) in [5.74, 6) is -0.116. The molecule has 1 aliphatic carbocycles. The third-order valence-corrected chi connectivity index (χ3v) is 6.33. The van der Waals surface area contributed by atoms with Gasteiger partial charge in [-0.2, -0.15) is 0 Å². The summed E-state index contributed by atoms with van der Waals surface area (Å²) in [7, 11) is 0. The van der Waals surface area contributed by atoms with E-state index in [0.29, 0.717) is 18.0 Å². The van der Waals surface area contributed by atoms with E-state index >= 15 is 0 Å². The summed E-state index contributed by atoms with van der Waals surface area (Å²) in [6, 6.07) is 15.2. The number of halogens is 1. The van der Waals surface area contributed by atoms with Crippen molar-refractivity contribution >= 4 is 23.4 Å². The van der Waals surface area contributed by atoms with Gasteiger partial charge in [0.05, 0.1) is 0 Å². The Bertz CT molecular complexity index is 890. The van der Waals surface area contributed by atoms with Gasteiger partial charge in [0.25, 0.3) is 5.91 Å². The molecule has 2 aromatic rings. The molecular formula is C23H25ClN2O2. The molecule has 0 radical (unpaired) electrons. The van der Waals surface area contributed by atoms with Gasteiger partial charge in [-0.3, -0.25) is 9.59 Å². The number of nitrogens with one attached hydrogen (secondary N) is 1. The standard InChI is InChI=1S/C23H25ClN2O2/c1-23(22(28)25-15-16-10-12-18(24)13-11-16)14-17-6-2-5-9-20(17)21(27)26(23)19-7-3-4-8-19/h2,5-6,9-13,19H,3-4,7-8,14-15H2,1H3,(H,25,28). The second kappa shape index (κ2) is 7.59. The van der Waals surface area contributed by atoms with Crippen molar-refractivity contribution in [2.75, 3.05) is 0 Å². The Hall–Kier alpha value is -2.33. The average molecular weight is 397 g/mol. The summed E-state index contributed by atoms with van der Waals surface area (Å²) >= 11 is 5.94. The maximum Gasteiger partial charge on any atom is 0.255 e. The molecule has 1 N–H and O–H groups in total. The lowest BCUT2D eigenvalue weighted by atomic mass is 9.81. The molecule has 2 aromatic carbocycles. The quantitative estimate of drug-likeness (QED) is 0.834. The molecule has 1 atom stereocenters. The Labute approximate surface area is 170 Å². The molecule has 4 rings (SSSR count). The number of carbonyl (C=O) groups excluding carboxylic acids is 2. The van der Waals surface area contributed by atoms with Gasteiger partial charge in [-0.25, -0.2) is 0 Å². The van der Waals surface area contributed by atoms with Gasteiger partial charge in [0.2, 0.25) is 5.91 Å². The SMILES string of the molecule is CC1(C(=O)NCc2ccc(Cl)cc2)Cc2ccccc2C(=O)N1C1CCCC1. The van der Waals surface area contributed by atoms with Crippen molar-refractivity contribution in [2.45, 2.75) is 57.2 Å². The van der Waals surface area contributed by atoms with Gasteiger partial charge in [-0.05, 0) is 49.1 Å². The number of carbonyl (C=O) groups is 2. The molecule has 5 heteroatoms. The highest BCUT2D eigenvalue weighted by atomic mass is 35.5. The van der Waals surface area contributed by atoms with Crippen LogP contribution >= 0.6 is 11.6 Å². The Morgan fingerprint density at radius 1 is 1.14 bits per heavy atom. The molecule has 1 heterocycles. The molecule has 4 nitrogen and oxygen atoms in total. The molecule has 2 amide bonds. The van der Waals surface area contributed by atoms with Crippen LogP contribution in [0.3, 0.4) is 0 Å². The summed E-state index contributed by atoms with van der Waals surface area (Å²) in [5, 5.41) is 3.73. The molecule has 0 saturated heterocycles. The van der Waals surface area contributed by atoms with Gasteiger partial charge in [0.15, 0.2) is 0 Å². The van der Waals surface area contributed by atoms with Crippen LogP contribution in [0.4, 0.5) is 0 Å². The predicted octanol–water partition coefficient (Wildman–Crippen LogP) is 4.36. The monoisotopic (exact) mass is 396 g/mol. The molecule has 1 unspecified atom stereocenters. The lowest BCUT2D eigenvalue weighted by Crippen LogP contribution is -2.64. The highest BCUT2D eigenvalue weighted by Crippen LogP contribution is 2.37. The third kappa shape index (κ3) is 3.42. The first-order valence-electron chi connectivity index (χ1n) is 9.93. The van der Waals surface area contributed by atoms with Gasteiger partial charge >= 0.3 is 0 Å². The summed E-state index contributed by atoms with van der Waals surface area (Å²) < 4.78 is 0. The van der Waals surface area contributed by atoms with Crippen LogP contribution in [0.25, 0.3) is 0 Å². The molecule has 0 aromatic heterocycles. The van der Waals surface area contributed by atoms with E-state index < -0.39 is 5.54 Å². The maximum atomic E-state index is 13.4. The molecule has 1 fully saturated rings. The first-order valence-corrected chi connectivity index (χ1v) is 10.3. The second-order valence-electron chi connectivity index (χ2n) is 8.03. The molecule has 1 aliphatic heterocycles. The van der Waals surface area contributed by atoms with Crippen LogP contribution in [0.15, 0.2) is 48.5 Å². The zero-order valence-electron chi connectivity index (χ0n) is 16.1. The highest BCUT2D eigenvalue weighted by Gasteiger charge is 2.49. The third-order valence-electron chi connectivity index (χ3n) is 6.08. The van der Waals surface area contributed by atoms with Crippen LogP contribution in [0.2, 0.25) is 5.02 Å². The minimum Gasteiger partial charge on any atom is -0.350 e. The first-order chi connectivity index (χ1) is 13.5. The molecule has 0 spiro atoms. The van der Waals surface area contributed by atoms with Gasteiger partial charge in [-0.1, -0.05) is 54.8 Å². The largest absolute Gasteiger partial charge is 0.350 e. The van der Waals surface area contributed by atoms with Crippen LogP contribution < -0.4 is 5.32 Å². The summed E-state index contributed by atoms with van der Waals surface area (Å²) in [6.07, 6.45) is 4.69. The fourth-order valence-corrected chi connectivity index (χ4v) is 4.71. The summed E-state index contributed by atoms with van der Waals surface area (Å²) in [5.41, 5.74) is 1.78. The molecule has 28 heavy (non-hydrogen) atoms. The van der Waals surface area contributed by atoms with E-state index in [9.17, 15) is 9.59 Å². The number of benzene rings is 2. The Kier molecular flexibility index (Phi) is 5.15. The molecule has 146 valence electrons. The average Bonchev–Trinajstić information content (AvgIpc) is 3.21. The van der Waals surface area contributed by atoms with Crippen molar-refractivity contribution in [1.29, 1.82) is 0 Å². The van der Waals surface area contributed by atoms with E-state index in [1.165, 1.54) is 0 Å². The van der Waals surface area contributed by atoms with Crippen molar-refractivity contribution in [2.24, 2.45) is 0 Å². The van der Waals surface area contributed by atoms with Gasteiger partial charge in [0.1, 0.15) is 5.54 Å². The van der Waals surface area contributed by atoms with Crippen LogP contribution in [0.1, 0.15) is 54.1 Å². The minimum atomic E-state index is -0.882. The smallest absolute Gasteiger partial charge is 0.255 e. The van der Waals surface area contributed by atoms with E-state index in [1.807, 2.05) is 60.4 Å². The van der Waals surface area contributed by atoms with Crippen molar-refractivity contribution in [1.82, 2.24) is 10.2 Å². The normalized spacial score (nSPS) is 22.2. The number of nitrogens with zero attached hydrogens (tertiary/aromatic N) is 1. The number of hydrogen-bond acceptors (Lipinski definition) is 2. The molecule has 1 saturated carbocycles. The second-order valence-corrected chi connectivity index (χ2v) is 8.47. The first kappa shape index (κ1) is 19.0. The van der Waals surface area contributed by atoms with E-state index in [1.54, 1.807) is 0 Å². The van der Waals surface area contributed by atoms with E-state index in [-0.39, 0.29) is 17.9 Å². The van der Waals surface area contributed by atoms with Crippen molar-refractivity contribution in [3.05, 3.63) is 70.2 Å². The molecular weight excluding hydrogens is 372 g/mol. The van der Waals surface area contributed by atoms with E-state index in [4.69, 9.17) is 11.6 Å². The fourth-order valence-electron chi connectivity index (χ4n) is 4.59. The van der Waals surface area contributed by atoms with Crippen molar-refractivity contribution in [3.8, 4) is 0 Å². The number of hydrogen-bond donors (Lipinski definition) is 1. The summed E-state index contributed by atoms with van der Waals surface area (Å²) in [4.78, 5) is 28.6. The van der Waals surface area contributed by atoms with Gasteiger partial charge in [0, 0.05) is 29.6 Å². The Morgan fingerprint density at radius 2 is 1.82 bits per heavy atom. The lowest BCUT2D eigenvalue weighted by Gasteiger charge is -2.47. The van der Waals surface area contributed by atoms with Crippen LogP contribution in [-0.2, 0) is 17.8 Å². The fraction of sp³-hybridized carbons (Fsp3) is 0.391. The van der Waals surface area contributed by atoms with Crippen LogP contribution in [-0.4, -0.2) is 28.3 Å². The van der Waals surface area contributed by atoms with Crippen LogP contribution in [0, 0.1) is 0 Å². The highest BCUT2D eigenvalue weighted by molar-refractivity contribution is 6.30. The van der Waals surface area contributed by atoms with Gasteiger partial charge in [-0.15, -0.1) is 0 Å². The number of amides is 2.